The van der Waals surface area contributed by atoms with Crippen molar-refractivity contribution in [2.24, 2.45) is 5.92 Å². The number of H-pyrrole nitrogens is 1. The molecule has 0 unspecified atom stereocenters. The van der Waals surface area contributed by atoms with E-state index in [-0.39, 0.29) is 5.25 Å². The first-order valence-corrected chi connectivity index (χ1v) is 13.3. The van der Waals surface area contributed by atoms with Crippen molar-refractivity contribution in [2.45, 2.75) is 36.8 Å². The first-order chi connectivity index (χ1) is 16.2. The van der Waals surface area contributed by atoms with Crippen molar-refractivity contribution < 1.29 is 13.2 Å². The van der Waals surface area contributed by atoms with E-state index < -0.39 is 9.84 Å². The zero-order valence-electron chi connectivity index (χ0n) is 20.1. The second-order valence-corrected chi connectivity index (χ2v) is 12.1. The Kier molecular flexibility index (Phi) is 5.86. The summed E-state index contributed by atoms with van der Waals surface area (Å²) in [5.41, 5.74) is 4.59. The molecule has 0 amide bonds. The summed E-state index contributed by atoms with van der Waals surface area (Å²) in [5, 5.41) is 1.78. The van der Waals surface area contributed by atoms with Crippen molar-refractivity contribution in [2.75, 3.05) is 27.2 Å². The number of aromatic amines is 1. The maximum Gasteiger partial charge on any atom is 0.181 e. The van der Waals surface area contributed by atoms with Gasteiger partial charge < -0.3 is 14.6 Å². The Bertz CT molecular complexity index is 1470. The quantitative estimate of drug-likeness (QED) is 0.377. The lowest BCUT2D eigenvalue weighted by atomic mass is 9.99. The molecular formula is C27H31N3O3S. The number of aryl methyl sites for hydroxylation is 1. The van der Waals surface area contributed by atoms with E-state index in [1.165, 1.54) is 0 Å². The van der Waals surface area contributed by atoms with E-state index in [4.69, 9.17) is 4.74 Å². The van der Waals surface area contributed by atoms with Crippen molar-refractivity contribution in [1.82, 2.24) is 14.9 Å². The van der Waals surface area contributed by atoms with Gasteiger partial charge in [-0.15, -0.1) is 0 Å². The molecule has 2 heterocycles. The maximum atomic E-state index is 12.9. The minimum Gasteiger partial charge on any atom is -0.491 e. The van der Waals surface area contributed by atoms with Gasteiger partial charge in [0.25, 0.3) is 0 Å². The van der Waals surface area contributed by atoms with Gasteiger partial charge in [0.1, 0.15) is 11.4 Å². The topological polar surface area (TPSA) is 75.3 Å². The number of sulfone groups is 1. The predicted octanol–water partition coefficient (Wildman–Crippen LogP) is 5.20. The summed E-state index contributed by atoms with van der Waals surface area (Å²) in [6, 6.07) is 13.5. The molecule has 1 saturated carbocycles. The van der Waals surface area contributed by atoms with Gasteiger partial charge in [-0.3, -0.25) is 0 Å². The molecule has 1 aliphatic carbocycles. The Morgan fingerprint density at radius 2 is 1.97 bits per heavy atom. The second-order valence-electron chi connectivity index (χ2n) is 9.85. The Hall–Kier alpha value is -2.90. The second kappa shape index (κ2) is 8.71. The fourth-order valence-corrected chi connectivity index (χ4v) is 6.35. The van der Waals surface area contributed by atoms with Gasteiger partial charge in [0.15, 0.2) is 9.84 Å². The molecule has 0 aliphatic heterocycles. The van der Waals surface area contributed by atoms with Gasteiger partial charge in [-0.25, -0.2) is 13.4 Å². The molecule has 2 aromatic carbocycles. The number of nitrogens with zero attached hydrogens (tertiary/aromatic N) is 2. The summed E-state index contributed by atoms with van der Waals surface area (Å²) in [7, 11) is 0.854. The standard InChI is InChI=1S/C27H31N3O3S/c1-17-12-23-25-22(19-6-5-7-21(13-19)34(31,32)20-8-9-20)10-11-24(26(25)29-27(23)28-14-17)33-16-18(2)15-30(3)4/h5-7,10-14,18,20H,8-9,15-16H2,1-4H3,(H,28,29)/t18-/m0/s1. The minimum atomic E-state index is -3.27. The smallest absolute Gasteiger partial charge is 0.181 e. The Labute approximate surface area is 200 Å². The third kappa shape index (κ3) is 4.30. The molecule has 178 valence electrons. The lowest BCUT2D eigenvalue weighted by Crippen LogP contribution is -2.24. The van der Waals surface area contributed by atoms with E-state index in [1.807, 2.05) is 43.5 Å². The van der Waals surface area contributed by atoms with E-state index in [1.54, 1.807) is 6.07 Å². The van der Waals surface area contributed by atoms with E-state index >= 15 is 0 Å². The monoisotopic (exact) mass is 477 g/mol. The van der Waals surface area contributed by atoms with E-state index in [0.717, 1.165) is 63.8 Å². The normalized spacial score (nSPS) is 15.3. The highest BCUT2D eigenvalue weighted by molar-refractivity contribution is 7.92. The molecule has 2 aromatic heterocycles. The largest absolute Gasteiger partial charge is 0.491 e. The van der Waals surface area contributed by atoms with Crippen LogP contribution in [0.5, 0.6) is 5.75 Å². The summed E-state index contributed by atoms with van der Waals surface area (Å²) < 4.78 is 32.0. The van der Waals surface area contributed by atoms with Crippen LogP contribution in [0.25, 0.3) is 33.1 Å². The Morgan fingerprint density at radius 1 is 1.18 bits per heavy atom. The molecule has 4 aromatic rings. The highest BCUT2D eigenvalue weighted by Gasteiger charge is 2.37. The van der Waals surface area contributed by atoms with Crippen LogP contribution in [-0.4, -0.2) is 55.8 Å². The highest BCUT2D eigenvalue weighted by atomic mass is 32.2. The minimum absolute atomic E-state index is 0.234. The molecule has 0 bridgehead atoms. The predicted molar refractivity (Wildman–Crippen MR) is 137 cm³/mol. The number of pyridine rings is 1. The third-order valence-corrected chi connectivity index (χ3v) is 8.60. The van der Waals surface area contributed by atoms with Crippen LogP contribution in [0.15, 0.2) is 53.6 Å². The fourth-order valence-electron chi connectivity index (χ4n) is 4.65. The van der Waals surface area contributed by atoms with Crippen molar-refractivity contribution in [1.29, 1.82) is 0 Å². The average Bonchev–Trinajstić information content (AvgIpc) is 3.59. The van der Waals surface area contributed by atoms with Crippen LogP contribution in [0.1, 0.15) is 25.3 Å². The van der Waals surface area contributed by atoms with Gasteiger partial charge in [0.2, 0.25) is 0 Å². The van der Waals surface area contributed by atoms with E-state index in [9.17, 15) is 8.42 Å². The third-order valence-electron chi connectivity index (χ3n) is 6.34. The number of nitrogens with one attached hydrogen (secondary N) is 1. The zero-order chi connectivity index (χ0) is 24.0. The number of fused-ring (bicyclic) bond motifs is 3. The van der Waals surface area contributed by atoms with Crippen molar-refractivity contribution >= 4 is 31.8 Å². The van der Waals surface area contributed by atoms with Crippen LogP contribution in [0.3, 0.4) is 0 Å². The van der Waals surface area contributed by atoms with Crippen molar-refractivity contribution in [3.8, 4) is 16.9 Å². The van der Waals surface area contributed by atoms with Crippen molar-refractivity contribution in [3.05, 3.63) is 54.2 Å². The number of benzene rings is 2. The molecule has 6 nitrogen and oxygen atoms in total. The number of hydrogen-bond acceptors (Lipinski definition) is 5. The lowest BCUT2D eigenvalue weighted by molar-refractivity contribution is 0.224. The van der Waals surface area contributed by atoms with Crippen LogP contribution < -0.4 is 4.74 Å². The first-order valence-electron chi connectivity index (χ1n) is 11.8. The molecule has 7 heteroatoms. The van der Waals surface area contributed by atoms with E-state index in [0.29, 0.717) is 17.4 Å². The molecule has 0 spiro atoms. The molecule has 0 radical (unpaired) electrons. The summed E-state index contributed by atoms with van der Waals surface area (Å²) in [6.45, 7) is 5.74. The summed E-state index contributed by atoms with van der Waals surface area (Å²) >= 11 is 0. The van der Waals surface area contributed by atoms with Crippen molar-refractivity contribution in [3.63, 3.8) is 0 Å². The van der Waals surface area contributed by atoms with E-state index in [2.05, 4.69) is 42.0 Å². The molecule has 5 rings (SSSR count). The zero-order valence-corrected chi connectivity index (χ0v) is 20.9. The van der Waals surface area contributed by atoms with Crippen LogP contribution in [0.2, 0.25) is 0 Å². The van der Waals surface area contributed by atoms with Crippen LogP contribution in [0.4, 0.5) is 0 Å². The van der Waals surface area contributed by atoms with Crippen LogP contribution >= 0.6 is 0 Å². The molecule has 34 heavy (non-hydrogen) atoms. The van der Waals surface area contributed by atoms with Gasteiger partial charge in [-0.05, 0) is 80.9 Å². The van der Waals surface area contributed by atoms with Gasteiger partial charge in [0, 0.05) is 29.4 Å². The Balaban J connectivity index is 1.63. The van der Waals surface area contributed by atoms with Gasteiger partial charge in [0.05, 0.1) is 22.3 Å². The number of hydrogen-bond donors (Lipinski definition) is 1. The summed E-state index contributed by atoms with van der Waals surface area (Å²) in [5.74, 6) is 1.15. The number of ether oxygens (including phenoxy) is 1. The molecule has 1 aliphatic rings. The van der Waals surface area contributed by atoms with Gasteiger partial charge >= 0.3 is 0 Å². The SMILES string of the molecule is Cc1cnc2[nH]c3c(OC[C@@H](C)CN(C)C)ccc(-c4cccc(S(=O)(=O)C5CC5)c4)c3c2c1. The highest BCUT2D eigenvalue weighted by Crippen LogP contribution is 2.40. The summed E-state index contributed by atoms with van der Waals surface area (Å²) in [4.78, 5) is 10.6. The number of aromatic nitrogens is 2. The number of rotatable bonds is 8. The van der Waals surface area contributed by atoms with Crippen LogP contribution in [0, 0.1) is 12.8 Å². The van der Waals surface area contributed by atoms with Crippen LogP contribution in [-0.2, 0) is 9.84 Å². The first kappa shape index (κ1) is 22.9. The molecule has 1 atom stereocenters. The Morgan fingerprint density at radius 3 is 2.71 bits per heavy atom. The molecule has 0 saturated heterocycles. The molecule has 1 N–H and O–H groups in total. The van der Waals surface area contributed by atoms with Gasteiger partial charge in [-0.2, -0.15) is 0 Å². The molecule has 1 fully saturated rings. The maximum absolute atomic E-state index is 12.9. The van der Waals surface area contributed by atoms with Gasteiger partial charge in [-0.1, -0.05) is 19.1 Å². The average molecular weight is 478 g/mol. The summed E-state index contributed by atoms with van der Waals surface area (Å²) in [6.07, 6.45) is 3.35. The molecular weight excluding hydrogens is 446 g/mol. The lowest BCUT2D eigenvalue weighted by Gasteiger charge is -2.18. The fraction of sp³-hybridized carbons (Fsp3) is 0.370.